The molecule has 0 aliphatic carbocycles. The van der Waals surface area contributed by atoms with Crippen molar-refractivity contribution in [1.82, 2.24) is 0 Å². The SMILES string of the molecule is COC(=O)[C@]1(CC2OCCO2)OC(C[C@H](O)CO)CC[C@@H]1C. The van der Waals surface area contributed by atoms with E-state index >= 15 is 0 Å². The summed E-state index contributed by atoms with van der Waals surface area (Å²) >= 11 is 0. The molecular weight excluding hydrogens is 292 g/mol. The van der Waals surface area contributed by atoms with Gasteiger partial charge in [-0.25, -0.2) is 4.79 Å². The van der Waals surface area contributed by atoms with E-state index in [-0.39, 0.29) is 31.5 Å². The Bertz CT molecular complexity index is 369. The van der Waals surface area contributed by atoms with E-state index in [2.05, 4.69) is 0 Å². The first-order valence-corrected chi connectivity index (χ1v) is 7.80. The summed E-state index contributed by atoms with van der Waals surface area (Å²) in [6.07, 6.45) is 0.407. The molecule has 128 valence electrons. The lowest BCUT2D eigenvalue weighted by Gasteiger charge is -2.44. The molecule has 0 spiro atoms. The third-order valence-corrected chi connectivity index (χ3v) is 4.53. The molecule has 0 amide bonds. The second kappa shape index (κ2) is 7.70. The van der Waals surface area contributed by atoms with Crippen LogP contribution in [0.1, 0.15) is 32.6 Å². The molecule has 7 nitrogen and oxygen atoms in total. The minimum atomic E-state index is -1.14. The number of carbonyl (C=O) groups excluding carboxylic acids is 1. The highest BCUT2D eigenvalue weighted by molar-refractivity contribution is 5.80. The number of esters is 1. The van der Waals surface area contributed by atoms with Gasteiger partial charge in [0.1, 0.15) is 0 Å². The van der Waals surface area contributed by atoms with Crippen LogP contribution in [0.25, 0.3) is 0 Å². The predicted octanol–water partition coefficient (Wildman–Crippen LogP) is 0.220. The molecule has 0 saturated carbocycles. The Morgan fingerprint density at radius 2 is 2.05 bits per heavy atom. The van der Waals surface area contributed by atoms with E-state index in [0.29, 0.717) is 13.2 Å². The maximum atomic E-state index is 12.4. The van der Waals surface area contributed by atoms with Gasteiger partial charge in [-0.3, -0.25) is 0 Å². The summed E-state index contributed by atoms with van der Waals surface area (Å²) in [5.74, 6) is -0.488. The van der Waals surface area contributed by atoms with Gasteiger partial charge in [-0.05, 0) is 18.8 Å². The largest absolute Gasteiger partial charge is 0.467 e. The van der Waals surface area contributed by atoms with Gasteiger partial charge in [-0.2, -0.15) is 0 Å². The van der Waals surface area contributed by atoms with Crippen LogP contribution in [0.2, 0.25) is 0 Å². The average Bonchev–Trinajstić information content (AvgIpc) is 3.02. The molecule has 2 saturated heterocycles. The molecule has 2 heterocycles. The van der Waals surface area contributed by atoms with Gasteiger partial charge < -0.3 is 29.2 Å². The van der Waals surface area contributed by atoms with Gasteiger partial charge in [0.15, 0.2) is 11.9 Å². The molecule has 2 fully saturated rings. The van der Waals surface area contributed by atoms with E-state index in [9.17, 15) is 9.90 Å². The van der Waals surface area contributed by atoms with Crippen molar-refractivity contribution in [2.24, 2.45) is 5.92 Å². The van der Waals surface area contributed by atoms with Crippen LogP contribution in [0.15, 0.2) is 0 Å². The van der Waals surface area contributed by atoms with Crippen LogP contribution in [0, 0.1) is 5.92 Å². The monoisotopic (exact) mass is 318 g/mol. The van der Waals surface area contributed by atoms with Crippen molar-refractivity contribution in [1.29, 1.82) is 0 Å². The molecule has 7 heteroatoms. The van der Waals surface area contributed by atoms with Crippen LogP contribution < -0.4 is 0 Å². The molecule has 1 unspecified atom stereocenters. The van der Waals surface area contributed by atoms with Crippen LogP contribution in [-0.2, 0) is 23.7 Å². The van der Waals surface area contributed by atoms with E-state index in [1.54, 1.807) is 0 Å². The molecule has 22 heavy (non-hydrogen) atoms. The summed E-state index contributed by atoms with van der Waals surface area (Å²) < 4.78 is 22.0. The lowest BCUT2D eigenvalue weighted by Crippen LogP contribution is -2.55. The average molecular weight is 318 g/mol. The first-order chi connectivity index (χ1) is 10.5. The minimum absolute atomic E-state index is 0.0460. The number of aliphatic hydroxyl groups excluding tert-OH is 2. The van der Waals surface area contributed by atoms with Crippen LogP contribution in [0.5, 0.6) is 0 Å². The minimum Gasteiger partial charge on any atom is -0.467 e. The molecule has 2 rings (SSSR count). The van der Waals surface area contributed by atoms with Gasteiger partial charge in [0.05, 0.1) is 39.1 Å². The summed E-state index contributed by atoms with van der Waals surface area (Å²) in [4.78, 5) is 12.4. The molecule has 0 bridgehead atoms. The fourth-order valence-corrected chi connectivity index (χ4v) is 3.21. The first kappa shape index (κ1) is 17.6. The highest BCUT2D eigenvalue weighted by Crippen LogP contribution is 2.40. The summed E-state index contributed by atoms with van der Waals surface area (Å²) in [5, 5.41) is 18.6. The van der Waals surface area contributed by atoms with Gasteiger partial charge in [0, 0.05) is 12.8 Å². The summed E-state index contributed by atoms with van der Waals surface area (Å²) in [5.41, 5.74) is -1.14. The number of carbonyl (C=O) groups is 1. The highest BCUT2D eigenvalue weighted by atomic mass is 16.7. The number of rotatable bonds is 6. The fraction of sp³-hybridized carbons (Fsp3) is 0.933. The number of ether oxygens (including phenoxy) is 4. The maximum absolute atomic E-state index is 12.4. The number of hydrogen-bond donors (Lipinski definition) is 2. The lowest BCUT2D eigenvalue weighted by molar-refractivity contribution is -0.221. The van der Waals surface area contributed by atoms with E-state index in [1.165, 1.54) is 7.11 Å². The quantitative estimate of drug-likeness (QED) is 0.677. The Kier molecular flexibility index (Phi) is 6.17. The predicted molar refractivity (Wildman–Crippen MR) is 76.0 cm³/mol. The van der Waals surface area contributed by atoms with Crippen molar-refractivity contribution < 1.29 is 34.0 Å². The van der Waals surface area contributed by atoms with Crippen LogP contribution >= 0.6 is 0 Å². The zero-order chi connectivity index (χ0) is 16.2. The molecule has 0 aromatic rings. The van der Waals surface area contributed by atoms with Crippen LogP contribution in [-0.4, -0.2) is 67.2 Å². The normalized spacial score (nSPS) is 34.5. The Labute approximate surface area is 130 Å². The van der Waals surface area contributed by atoms with Crippen LogP contribution in [0.3, 0.4) is 0 Å². The van der Waals surface area contributed by atoms with E-state index in [0.717, 1.165) is 12.8 Å². The number of hydrogen-bond acceptors (Lipinski definition) is 7. The Balaban J connectivity index is 2.14. The summed E-state index contributed by atoms with van der Waals surface area (Å²) in [6.45, 7) is 2.63. The molecule has 0 aromatic heterocycles. The standard InChI is InChI=1S/C15H26O7/c1-10-3-4-12(7-11(17)9-16)22-15(10,14(18)19-2)8-13-20-5-6-21-13/h10-13,16-17H,3-9H2,1-2H3/t10-,11-,12?,15+/m0/s1. The second-order valence-corrected chi connectivity index (χ2v) is 6.05. The fourth-order valence-electron chi connectivity index (χ4n) is 3.21. The molecule has 0 aromatic carbocycles. The van der Waals surface area contributed by atoms with E-state index in [1.807, 2.05) is 6.92 Å². The zero-order valence-electron chi connectivity index (χ0n) is 13.2. The van der Waals surface area contributed by atoms with Crippen molar-refractivity contribution in [2.75, 3.05) is 26.9 Å². The zero-order valence-corrected chi connectivity index (χ0v) is 13.2. The first-order valence-electron chi connectivity index (χ1n) is 7.80. The van der Waals surface area contributed by atoms with Gasteiger partial charge in [0.2, 0.25) is 0 Å². The Hall–Kier alpha value is -0.730. The van der Waals surface area contributed by atoms with Crippen molar-refractivity contribution in [3.8, 4) is 0 Å². The Morgan fingerprint density at radius 1 is 1.36 bits per heavy atom. The topological polar surface area (TPSA) is 94.5 Å². The lowest BCUT2D eigenvalue weighted by atomic mass is 9.78. The van der Waals surface area contributed by atoms with Crippen molar-refractivity contribution in [3.05, 3.63) is 0 Å². The molecule has 0 radical (unpaired) electrons. The van der Waals surface area contributed by atoms with Crippen LogP contribution in [0.4, 0.5) is 0 Å². The summed E-state index contributed by atoms with van der Waals surface area (Å²) in [7, 11) is 1.34. The van der Waals surface area contributed by atoms with Gasteiger partial charge in [-0.15, -0.1) is 0 Å². The Morgan fingerprint density at radius 3 is 2.64 bits per heavy atom. The number of aliphatic hydroxyl groups is 2. The van der Waals surface area contributed by atoms with Crippen molar-refractivity contribution in [3.63, 3.8) is 0 Å². The molecular formula is C15H26O7. The highest BCUT2D eigenvalue weighted by Gasteiger charge is 2.52. The smallest absolute Gasteiger partial charge is 0.338 e. The molecule has 4 atom stereocenters. The van der Waals surface area contributed by atoms with E-state index in [4.69, 9.17) is 24.1 Å². The third-order valence-electron chi connectivity index (χ3n) is 4.53. The van der Waals surface area contributed by atoms with E-state index < -0.39 is 24.0 Å². The van der Waals surface area contributed by atoms with Gasteiger partial charge >= 0.3 is 5.97 Å². The number of methoxy groups -OCH3 is 1. The second-order valence-electron chi connectivity index (χ2n) is 6.05. The van der Waals surface area contributed by atoms with Gasteiger partial charge in [0.25, 0.3) is 0 Å². The maximum Gasteiger partial charge on any atom is 0.338 e. The summed E-state index contributed by atoms with van der Waals surface area (Å²) in [6, 6.07) is 0. The van der Waals surface area contributed by atoms with Gasteiger partial charge in [-0.1, -0.05) is 6.92 Å². The molecule has 2 N–H and O–H groups in total. The third kappa shape index (κ3) is 3.78. The van der Waals surface area contributed by atoms with Crippen molar-refractivity contribution >= 4 is 5.97 Å². The molecule has 2 aliphatic heterocycles. The van der Waals surface area contributed by atoms with Crippen molar-refractivity contribution in [2.45, 2.75) is 56.7 Å². The molecule has 2 aliphatic rings.